The van der Waals surface area contributed by atoms with E-state index >= 15 is 0 Å². The van der Waals surface area contributed by atoms with Crippen LogP contribution in [0.25, 0.3) is 22.3 Å². The van der Waals surface area contributed by atoms with Crippen molar-refractivity contribution in [3.63, 3.8) is 0 Å². The topological polar surface area (TPSA) is 78.4 Å². The Morgan fingerprint density at radius 3 is 2.69 bits per heavy atom. The number of nitrogens with one attached hydrogen (secondary N) is 1. The van der Waals surface area contributed by atoms with Crippen LogP contribution in [0.3, 0.4) is 0 Å². The zero-order chi connectivity index (χ0) is 19.6. The molecule has 4 aromatic rings. The monoisotopic (exact) mass is 386 g/mol. The summed E-state index contributed by atoms with van der Waals surface area (Å²) in [6.45, 7) is 1.10. The summed E-state index contributed by atoms with van der Waals surface area (Å²) >= 11 is 0. The summed E-state index contributed by atoms with van der Waals surface area (Å²) in [5.41, 5.74) is 2.49. The first-order valence-electron chi connectivity index (χ1n) is 9.23. The van der Waals surface area contributed by atoms with Crippen molar-refractivity contribution in [2.75, 3.05) is 25.6 Å². The van der Waals surface area contributed by atoms with Crippen molar-refractivity contribution in [3.05, 3.63) is 60.9 Å². The molecular weight excluding hydrogens is 368 g/mol. The van der Waals surface area contributed by atoms with Gasteiger partial charge in [0.05, 0.1) is 12.6 Å². The van der Waals surface area contributed by atoms with Crippen LogP contribution in [0.4, 0.5) is 11.5 Å². The van der Waals surface area contributed by atoms with Gasteiger partial charge in [0.1, 0.15) is 24.8 Å². The van der Waals surface area contributed by atoms with Crippen LogP contribution in [0.5, 0.6) is 17.2 Å². The average Bonchev–Trinajstić information content (AvgIpc) is 2.79. The number of fused-ring (bicyclic) bond motifs is 2. The Hall–Kier alpha value is -3.87. The van der Waals surface area contributed by atoms with Crippen LogP contribution in [-0.2, 0) is 0 Å². The van der Waals surface area contributed by atoms with Gasteiger partial charge in [-0.05, 0) is 42.5 Å². The lowest BCUT2D eigenvalue weighted by atomic mass is 10.2. The lowest BCUT2D eigenvalue weighted by molar-refractivity contribution is 0.171. The average molecular weight is 386 g/mol. The predicted molar refractivity (Wildman–Crippen MR) is 110 cm³/mol. The molecule has 0 radical (unpaired) electrons. The van der Waals surface area contributed by atoms with Crippen LogP contribution in [-0.4, -0.2) is 35.3 Å². The Bertz CT molecular complexity index is 1180. The zero-order valence-corrected chi connectivity index (χ0v) is 15.8. The lowest BCUT2D eigenvalue weighted by Crippen LogP contribution is -2.15. The molecule has 0 bridgehead atoms. The molecule has 0 amide bonds. The zero-order valence-electron chi connectivity index (χ0n) is 15.8. The molecule has 1 aliphatic heterocycles. The SMILES string of the molecule is COc1ccc2nc(-c3cccnc3)nc(Nc3ccc4c(c3)OCCO4)c2c1. The quantitative estimate of drug-likeness (QED) is 0.563. The fourth-order valence-electron chi connectivity index (χ4n) is 3.21. The summed E-state index contributed by atoms with van der Waals surface area (Å²) in [7, 11) is 1.64. The summed E-state index contributed by atoms with van der Waals surface area (Å²) in [6.07, 6.45) is 3.47. The van der Waals surface area contributed by atoms with Crippen molar-refractivity contribution in [2.24, 2.45) is 0 Å². The van der Waals surface area contributed by atoms with E-state index in [1.54, 1.807) is 19.5 Å². The standard InChI is InChI=1S/C22H18N4O3/c1-27-16-5-6-18-17(12-16)22(26-21(25-18)14-3-2-8-23-13-14)24-15-4-7-19-20(11-15)29-10-9-28-19/h2-8,11-13H,9-10H2,1H3,(H,24,25,26). The molecule has 0 spiro atoms. The number of nitrogens with zero attached hydrogens (tertiary/aromatic N) is 3. The molecule has 144 valence electrons. The first-order chi connectivity index (χ1) is 14.3. The summed E-state index contributed by atoms with van der Waals surface area (Å²) in [5.74, 6) is 3.46. The van der Waals surface area contributed by atoms with Crippen molar-refractivity contribution in [2.45, 2.75) is 0 Å². The third-order valence-corrected chi connectivity index (χ3v) is 4.63. The van der Waals surface area contributed by atoms with E-state index in [1.165, 1.54) is 0 Å². The minimum absolute atomic E-state index is 0.537. The van der Waals surface area contributed by atoms with Crippen LogP contribution >= 0.6 is 0 Å². The van der Waals surface area contributed by atoms with Gasteiger partial charge in [-0.2, -0.15) is 0 Å². The van der Waals surface area contributed by atoms with Crippen molar-refractivity contribution in [3.8, 4) is 28.6 Å². The molecule has 0 fully saturated rings. The number of rotatable bonds is 4. The minimum Gasteiger partial charge on any atom is -0.497 e. The van der Waals surface area contributed by atoms with Crippen LogP contribution in [0.15, 0.2) is 60.9 Å². The molecule has 0 atom stereocenters. The highest BCUT2D eigenvalue weighted by Gasteiger charge is 2.14. The summed E-state index contributed by atoms with van der Waals surface area (Å²) in [4.78, 5) is 13.6. The van der Waals surface area contributed by atoms with Crippen molar-refractivity contribution < 1.29 is 14.2 Å². The molecule has 0 aliphatic carbocycles. The maximum atomic E-state index is 5.69. The van der Waals surface area contributed by atoms with Gasteiger partial charge < -0.3 is 19.5 Å². The molecule has 1 aliphatic rings. The molecule has 0 unspecified atom stereocenters. The largest absolute Gasteiger partial charge is 0.497 e. The molecule has 29 heavy (non-hydrogen) atoms. The first kappa shape index (κ1) is 17.2. The maximum absolute atomic E-state index is 5.69. The second kappa shape index (κ2) is 7.27. The highest BCUT2D eigenvalue weighted by atomic mass is 16.6. The normalized spacial score (nSPS) is 12.6. The van der Waals surface area contributed by atoms with Crippen LogP contribution < -0.4 is 19.5 Å². The molecule has 3 heterocycles. The van der Waals surface area contributed by atoms with E-state index < -0.39 is 0 Å². The fourth-order valence-corrected chi connectivity index (χ4v) is 3.21. The Balaban J connectivity index is 1.62. The summed E-state index contributed by atoms with van der Waals surface area (Å²) in [6, 6.07) is 15.3. The molecule has 2 aromatic heterocycles. The van der Waals surface area contributed by atoms with Gasteiger partial charge in [0.15, 0.2) is 17.3 Å². The van der Waals surface area contributed by atoms with E-state index in [2.05, 4.69) is 10.3 Å². The molecule has 7 nitrogen and oxygen atoms in total. The number of anilines is 2. The lowest BCUT2D eigenvalue weighted by Gasteiger charge is -2.19. The predicted octanol–water partition coefficient (Wildman–Crippen LogP) is 4.22. The van der Waals surface area contributed by atoms with Gasteiger partial charge in [-0.1, -0.05) is 0 Å². The Kier molecular flexibility index (Phi) is 4.32. The third kappa shape index (κ3) is 3.38. The van der Waals surface area contributed by atoms with E-state index in [0.29, 0.717) is 30.6 Å². The van der Waals surface area contributed by atoms with E-state index in [0.717, 1.165) is 33.7 Å². The van der Waals surface area contributed by atoms with Gasteiger partial charge >= 0.3 is 0 Å². The van der Waals surface area contributed by atoms with Crippen LogP contribution in [0.1, 0.15) is 0 Å². The maximum Gasteiger partial charge on any atom is 0.163 e. The molecule has 7 heteroatoms. The second-order valence-electron chi connectivity index (χ2n) is 6.50. The number of aromatic nitrogens is 3. The number of hydrogen-bond acceptors (Lipinski definition) is 7. The summed E-state index contributed by atoms with van der Waals surface area (Å²) < 4.78 is 16.7. The van der Waals surface area contributed by atoms with Gasteiger partial charge in [0.25, 0.3) is 0 Å². The minimum atomic E-state index is 0.537. The van der Waals surface area contributed by atoms with E-state index in [1.807, 2.05) is 48.5 Å². The van der Waals surface area contributed by atoms with Gasteiger partial charge in [-0.15, -0.1) is 0 Å². The smallest absolute Gasteiger partial charge is 0.163 e. The van der Waals surface area contributed by atoms with Gasteiger partial charge in [-0.25, -0.2) is 9.97 Å². The molecule has 0 saturated carbocycles. The van der Waals surface area contributed by atoms with E-state index in [-0.39, 0.29) is 0 Å². The van der Waals surface area contributed by atoms with Gasteiger partial charge in [0, 0.05) is 35.1 Å². The number of ether oxygens (including phenoxy) is 3. The molecule has 2 aromatic carbocycles. The Labute approximate surface area is 167 Å². The highest BCUT2D eigenvalue weighted by molar-refractivity contribution is 5.93. The molecule has 1 N–H and O–H groups in total. The van der Waals surface area contributed by atoms with Crippen molar-refractivity contribution in [1.29, 1.82) is 0 Å². The second-order valence-corrected chi connectivity index (χ2v) is 6.50. The van der Waals surface area contributed by atoms with E-state index in [4.69, 9.17) is 24.2 Å². The van der Waals surface area contributed by atoms with Crippen molar-refractivity contribution >= 4 is 22.4 Å². The third-order valence-electron chi connectivity index (χ3n) is 4.63. The first-order valence-corrected chi connectivity index (χ1v) is 9.23. The number of benzene rings is 2. The van der Waals surface area contributed by atoms with Crippen LogP contribution in [0, 0.1) is 0 Å². The number of methoxy groups -OCH3 is 1. The number of pyridine rings is 1. The Morgan fingerprint density at radius 2 is 1.86 bits per heavy atom. The van der Waals surface area contributed by atoms with Crippen LogP contribution in [0.2, 0.25) is 0 Å². The van der Waals surface area contributed by atoms with Crippen molar-refractivity contribution in [1.82, 2.24) is 15.0 Å². The summed E-state index contributed by atoms with van der Waals surface area (Å²) in [5, 5.41) is 4.25. The van der Waals surface area contributed by atoms with Gasteiger partial charge in [-0.3, -0.25) is 4.98 Å². The van der Waals surface area contributed by atoms with E-state index in [9.17, 15) is 0 Å². The number of hydrogen-bond donors (Lipinski definition) is 1. The fraction of sp³-hybridized carbons (Fsp3) is 0.136. The highest BCUT2D eigenvalue weighted by Crippen LogP contribution is 2.35. The van der Waals surface area contributed by atoms with Gasteiger partial charge in [0.2, 0.25) is 0 Å². The molecular formula is C22H18N4O3. The molecule has 0 saturated heterocycles. The molecule has 5 rings (SSSR count). The Morgan fingerprint density at radius 1 is 0.966 bits per heavy atom.